The molecule has 160 valence electrons. The Bertz CT molecular complexity index is 1280. The fourth-order valence-corrected chi connectivity index (χ4v) is 4.20. The van der Waals surface area contributed by atoms with Crippen molar-refractivity contribution in [3.05, 3.63) is 67.1 Å². The van der Waals surface area contributed by atoms with Crippen molar-refractivity contribution < 1.29 is 4.79 Å². The highest BCUT2D eigenvalue weighted by Gasteiger charge is 2.19. The average Bonchev–Trinajstić information content (AvgIpc) is 2.83. The Balaban J connectivity index is 1.45. The van der Waals surface area contributed by atoms with E-state index in [9.17, 15) is 4.79 Å². The maximum Gasteiger partial charge on any atom is 0.219 e. The normalized spacial score (nSPS) is 14.0. The van der Waals surface area contributed by atoms with E-state index < -0.39 is 0 Å². The number of piperazine rings is 1. The van der Waals surface area contributed by atoms with Crippen molar-refractivity contribution >= 4 is 28.3 Å². The Morgan fingerprint density at radius 3 is 2.28 bits per heavy atom. The first-order valence-electron chi connectivity index (χ1n) is 10.7. The van der Waals surface area contributed by atoms with Gasteiger partial charge in [-0.1, -0.05) is 18.2 Å². The van der Waals surface area contributed by atoms with E-state index in [1.165, 1.54) is 0 Å². The zero-order valence-electron chi connectivity index (χ0n) is 17.9. The van der Waals surface area contributed by atoms with Crippen molar-refractivity contribution in [3.63, 3.8) is 0 Å². The summed E-state index contributed by atoms with van der Waals surface area (Å²) in [5.74, 6) is 0.635. The molecule has 2 N–H and O–H groups in total. The van der Waals surface area contributed by atoms with Gasteiger partial charge in [-0.3, -0.25) is 4.79 Å². The van der Waals surface area contributed by atoms with Crippen molar-refractivity contribution in [2.45, 2.75) is 6.92 Å². The number of aromatic nitrogens is 3. The van der Waals surface area contributed by atoms with Crippen molar-refractivity contribution in [1.29, 1.82) is 0 Å². The molecule has 2 aromatic carbocycles. The maximum atomic E-state index is 11.6. The summed E-state index contributed by atoms with van der Waals surface area (Å²) in [5.41, 5.74) is 11.9. The van der Waals surface area contributed by atoms with Crippen LogP contribution in [0.4, 0.5) is 11.5 Å². The van der Waals surface area contributed by atoms with Gasteiger partial charge in [-0.05, 0) is 47.5 Å². The lowest BCUT2D eigenvalue weighted by Crippen LogP contribution is -2.48. The highest BCUT2D eigenvalue weighted by Crippen LogP contribution is 2.31. The number of nitrogen functional groups attached to an aromatic ring is 1. The Hall–Kier alpha value is -4.00. The molecule has 0 radical (unpaired) electrons. The minimum Gasteiger partial charge on any atom is -0.384 e. The highest BCUT2D eigenvalue weighted by atomic mass is 16.2. The first-order valence-corrected chi connectivity index (χ1v) is 10.7. The van der Waals surface area contributed by atoms with Gasteiger partial charge in [0.05, 0.1) is 11.2 Å². The van der Waals surface area contributed by atoms with Crippen LogP contribution >= 0.6 is 0 Å². The number of carbonyl (C=O) groups is 1. The molecule has 1 amide bonds. The van der Waals surface area contributed by atoms with Gasteiger partial charge in [0.25, 0.3) is 0 Å². The summed E-state index contributed by atoms with van der Waals surface area (Å²) < 4.78 is 0. The molecule has 0 bridgehead atoms. The van der Waals surface area contributed by atoms with Crippen molar-refractivity contribution in [2.24, 2.45) is 0 Å². The first-order chi connectivity index (χ1) is 15.6. The van der Waals surface area contributed by atoms with Gasteiger partial charge < -0.3 is 15.5 Å². The van der Waals surface area contributed by atoms with Gasteiger partial charge in [0.15, 0.2) is 0 Å². The highest BCUT2D eigenvalue weighted by molar-refractivity contribution is 5.95. The number of carbonyl (C=O) groups excluding carboxylic acids is 1. The quantitative estimate of drug-likeness (QED) is 0.541. The molecule has 7 nitrogen and oxygen atoms in total. The molecule has 4 aromatic rings. The second-order valence-corrected chi connectivity index (χ2v) is 7.96. The second kappa shape index (κ2) is 8.26. The van der Waals surface area contributed by atoms with Crippen LogP contribution in [0.15, 0.2) is 67.1 Å². The van der Waals surface area contributed by atoms with Gasteiger partial charge in [0.1, 0.15) is 12.1 Å². The van der Waals surface area contributed by atoms with Crippen LogP contribution in [0, 0.1) is 0 Å². The lowest BCUT2D eigenvalue weighted by atomic mass is 10.0. The number of amides is 1. The third-order valence-corrected chi connectivity index (χ3v) is 5.98. The molecule has 32 heavy (non-hydrogen) atoms. The van der Waals surface area contributed by atoms with Gasteiger partial charge in [0.2, 0.25) is 5.91 Å². The fourth-order valence-electron chi connectivity index (χ4n) is 4.20. The zero-order valence-corrected chi connectivity index (χ0v) is 17.9. The predicted octanol–water partition coefficient (Wildman–Crippen LogP) is 3.61. The van der Waals surface area contributed by atoms with E-state index in [4.69, 9.17) is 5.73 Å². The van der Waals surface area contributed by atoms with Gasteiger partial charge in [0, 0.05) is 55.9 Å². The number of rotatable bonds is 3. The molecule has 1 aliphatic rings. The maximum absolute atomic E-state index is 11.6. The average molecular weight is 425 g/mol. The minimum atomic E-state index is 0.143. The number of nitrogens with zero attached hydrogens (tertiary/aromatic N) is 5. The number of pyridine rings is 1. The zero-order chi connectivity index (χ0) is 22.1. The van der Waals surface area contributed by atoms with Crippen LogP contribution in [0.2, 0.25) is 0 Å². The van der Waals surface area contributed by atoms with Crippen molar-refractivity contribution in [2.75, 3.05) is 36.8 Å². The van der Waals surface area contributed by atoms with E-state index in [1.54, 1.807) is 19.4 Å². The second-order valence-electron chi connectivity index (χ2n) is 7.96. The Morgan fingerprint density at radius 2 is 1.56 bits per heavy atom. The number of hydrogen-bond donors (Lipinski definition) is 1. The molecule has 0 saturated carbocycles. The molecule has 0 spiro atoms. The number of hydrogen-bond acceptors (Lipinski definition) is 6. The van der Waals surface area contributed by atoms with Crippen LogP contribution < -0.4 is 10.6 Å². The van der Waals surface area contributed by atoms with E-state index in [-0.39, 0.29) is 5.91 Å². The van der Waals surface area contributed by atoms with Gasteiger partial charge in [-0.15, -0.1) is 0 Å². The summed E-state index contributed by atoms with van der Waals surface area (Å²) in [6, 6.07) is 18.4. The summed E-state index contributed by atoms with van der Waals surface area (Å²) in [5, 5.41) is 0.989. The third kappa shape index (κ3) is 3.85. The molecule has 5 rings (SSSR count). The van der Waals surface area contributed by atoms with Gasteiger partial charge in [-0.25, -0.2) is 15.0 Å². The molecule has 0 aliphatic carbocycles. The van der Waals surface area contributed by atoms with Crippen LogP contribution in [-0.2, 0) is 4.79 Å². The summed E-state index contributed by atoms with van der Waals surface area (Å²) in [4.78, 5) is 28.9. The SMILES string of the molecule is CC(=O)N1CCN(c2ccc(-c3ncnc4ccc(-c5ccnc(N)c5)cc34)cc2)CC1. The summed E-state index contributed by atoms with van der Waals surface area (Å²) in [6.45, 7) is 4.83. The molecule has 1 saturated heterocycles. The molecule has 1 fully saturated rings. The largest absolute Gasteiger partial charge is 0.384 e. The van der Waals surface area contributed by atoms with E-state index in [1.807, 2.05) is 29.2 Å². The molecule has 0 atom stereocenters. The van der Waals surface area contributed by atoms with Crippen LogP contribution in [0.25, 0.3) is 33.3 Å². The Labute approximate surface area is 186 Å². The lowest BCUT2D eigenvalue weighted by Gasteiger charge is -2.35. The molecule has 0 unspecified atom stereocenters. The van der Waals surface area contributed by atoms with E-state index in [0.29, 0.717) is 5.82 Å². The van der Waals surface area contributed by atoms with Crippen LogP contribution in [0.1, 0.15) is 6.92 Å². The Morgan fingerprint density at radius 1 is 0.844 bits per heavy atom. The standard InChI is InChI=1S/C25H24N6O/c1-17(32)30-10-12-31(13-11-30)21-5-2-18(3-6-21)25-22-14-19(4-7-23(22)28-16-29-25)20-8-9-27-24(26)15-20/h2-9,14-16H,10-13H2,1H3,(H2,26,27). The first kappa shape index (κ1) is 19.9. The van der Waals surface area contributed by atoms with E-state index >= 15 is 0 Å². The monoisotopic (exact) mass is 424 g/mol. The minimum absolute atomic E-state index is 0.143. The summed E-state index contributed by atoms with van der Waals surface area (Å²) in [7, 11) is 0. The van der Waals surface area contributed by atoms with E-state index in [2.05, 4.69) is 50.2 Å². The number of nitrogens with two attached hydrogens (primary N) is 1. The number of benzene rings is 2. The smallest absolute Gasteiger partial charge is 0.219 e. The van der Waals surface area contributed by atoms with Crippen molar-refractivity contribution in [3.8, 4) is 22.4 Å². The molecule has 1 aliphatic heterocycles. The molecular weight excluding hydrogens is 400 g/mol. The van der Waals surface area contributed by atoms with E-state index in [0.717, 1.165) is 65.2 Å². The lowest BCUT2D eigenvalue weighted by molar-refractivity contribution is -0.129. The fraction of sp³-hybridized carbons (Fsp3) is 0.200. The molecule has 2 aromatic heterocycles. The molecule has 7 heteroatoms. The van der Waals surface area contributed by atoms with Crippen molar-refractivity contribution in [1.82, 2.24) is 19.9 Å². The van der Waals surface area contributed by atoms with Gasteiger partial charge in [-0.2, -0.15) is 0 Å². The van der Waals surface area contributed by atoms with Crippen LogP contribution in [0.5, 0.6) is 0 Å². The topological polar surface area (TPSA) is 88.2 Å². The van der Waals surface area contributed by atoms with Crippen LogP contribution in [-0.4, -0.2) is 51.9 Å². The predicted molar refractivity (Wildman–Crippen MR) is 127 cm³/mol. The van der Waals surface area contributed by atoms with Crippen LogP contribution in [0.3, 0.4) is 0 Å². The number of fused-ring (bicyclic) bond motifs is 1. The summed E-state index contributed by atoms with van der Waals surface area (Å²) in [6.07, 6.45) is 3.32. The van der Waals surface area contributed by atoms with Gasteiger partial charge >= 0.3 is 0 Å². The number of anilines is 2. The summed E-state index contributed by atoms with van der Waals surface area (Å²) >= 11 is 0. The third-order valence-electron chi connectivity index (χ3n) is 5.98. The molecular formula is C25H24N6O. The Kier molecular flexibility index (Phi) is 5.15. The molecule has 3 heterocycles.